The Morgan fingerprint density at radius 2 is 0.614 bits per heavy atom. The third kappa shape index (κ3) is 12.6. The van der Waals surface area contributed by atoms with Gasteiger partial charge in [-0.15, -0.1) is 11.3 Å². The average molecular weight is 1810 g/mol. The zero-order chi connectivity index (χ0) is 91.7. The molecule has 654 valence electrons. The molecule has 13 nitrogen and oxygen atoms in total. The molecule has 0 bridgehead atoms. The average Bonchev–Trinajstić information content (AvgIpc) is 1.56. The maximum atomic E-state index is 6.52. The van der Waals surface area contributed by atoms with Crippen LogP contribution in [0.2, 0.25) is 0 Å². The Morgan fingerprint density at radius 3 is 1.19 bits per heavy atom. The minimum absolute atomic E-state index is 0.245. The Labute approximate surface area is 804 Å². The van der Waals surface area contributed by atoms with E-state index in [9.17, 15) is 0 Å². The predicted octanol–water partition coefficient (Wildman–Crippen LogP) is 33.5. The number of hydrogen-bond acceptors (Lipinski definition) is 11. The molecule has 1 atom stereocenters. The highest BCUT2D eigenvalue weighted by Crippen LogP contribution is 2.55. The summed E-state index contributed by atoms with van der Waals surface area (Å²) < 4.78 is 29.1. The van der Waals surface area contributed by atoms with Crippen molar-refractivity contribution in [2.24, 2.45) is 0 Å². The summed E-state index contributed by atoms with van der Waals surface area (Å²) in [5.41, 5.74) is 30.6. The van der Waals surface area contributed by atoms with Crippen LogP contribution in [-0.2, 0) is 0 Å². The maximum Gasteiger partial charge on any atom is 0.165 e. The minimum Gasteiger partial charge on any atom is -0.456 e. The molecule has 28 aromatic rings. The molecule has 9 aromatic heterocycles. The molecule has 0 spiro atoms. The van der Waals surface area contributed by atoms with Crippen molar-refractivity contribution in [3.05, 3.63) is 454 Å². The van der Waals surface area contributed by atoms with Crippen molar-refractivity contribution in [3.63, 3.8) is 0 Å². The van der Waals surface area contributed by atoms with Crippen molar-refractivity contribution >= 4 is 174 Å². The zero-order valence-electron chi connectivity index (χ0n) is 75.0. The fourth-order valence-corrected chi connectivity index (χ4v) is 23.3. The number of thiophene rings is 1. The van der Waals surface area contributed by atoms with E-state index in [1.54, 1.807) is 0 Å². The maximum absolute atomic E-state index is 6.52. The largest absolute Gasteiger partial charge is 0.456 e. The number of rotatable bonds is 12. The third-order valence-electron chi connectivity index (χ3n) is 28.3. The van der Waals surface area contributed by atoms with Crippen LogP contribution in [0.15, 0.2) is 462 Å². The Kier molecular flexibility index (Phi) is 17.8. The summed E-state index contributed by atoms with van der Waals surface area (Å²) >= 11 is 1.81. The van der Waals surface area contributed by atoms with Crippen LogP contribution in [0.5, 0.6) is 0 Å². The molecule has 1 aliphatic carbocycles. The number of para-hydroxylation sites is 7. The molecule has 10 heterocycles. The summed E-state index contributed by atoms with van der Waals surface area (Å²) in [5, 5.41) is 16.1. The molecule has 0 radical (unpaired) electrons. The van der Waals surface area contributed by atoms with Gasteiger partial charge in [-0.2, -0.15) is 0 Å². The van der Waals surface area contributed by atoms with Crippen molar-refractivity contribution in [2.75, 3.05) is 4.90 Å². The molecule has 0 N–H and O–H groups in total. The Balaban J connectivity index is 0.000000134. The van der Waals surface area contributed by atoms with Gasteiger partial charge in [0.2, 0.25) is 0 Å². The first-order valence-electron chi connectivity index (χ1n) is 47.3. The van der Waals surface area contributed by atoms with Crippen LogP contribution < -0.4 is 4.90 Å². The summed E-state index contributed by atoms with van der Waals surface area (Å²) in [6, 6.07) is 150. The van der Waals surface area contributed by atoms with E-state index >= 15 is 0 Å². The highest BCUT2D eigenvalue weighted by Gasteiger charge is 2.37. The van der Waals surface area contributed by atoms with Crippen LogP contribution in [0, 0.1) is 0 Å². The molecule has 0 fully saturated rings. The van der Waals surface area contributed by atoms with Crippen LogP contribution >= 0.6 is 11.3 Å². The van der Waals surface area contributed by atoms with Gasteiger partial charge in [0, 0.05) is 159 Å². The van der Waals surface area contributed by atoms with Gasteiger partial charge in [0.1, 0.15) is 33.5 Å². The van der Waals surface area contributed by atoms with E-state index in [4.69, 9.17) is 43.2 Å². The number of anilines is 2. The summed E-state index contributed by atoms with van der Waals surface area (Å²) in [7, 11) is 0. The van der Waals surface area contributed by atoms with Gasteiger partial charge in [-0.3, -0.25) is 0 Å². The lowest BCUT2D eigenvalue weighted by molar-refractivity contribution is 0.668. The summed E-state index contributed by atoms with van der Waals surface area (Å²) in [6.07, 6.45) is 7.77. The molecule has 19 aromatic carbocycles. The summed E-state index contributed by atoms with van der Waals surface area (Å²) in [6.45, 7) is 0. The normalized spacial score (nSPS) is 13.2. The van der Waals surface area contributed by atoms with Crippen molar-refractivity contribution in [2.45, 2.75) is 12.3 Å². The fraction of sp³-hybridized carbons (Fsp3) is 0.0159. The lowest BCUT2D eigenvalue weighted by Gasteiger charge is -2.24. The second-order valence-corrected chi connectivity index (χ2v) is 37.2. The van der Waals surface area contributed by atoms with Crippen LogP contribution in [0.1, 0.15) is 17.9 Å². The monoisotopic (exact) mass is 1810 g/mol. The van der Waals surface area contributed by atoms with E-state index in [1.165, 1.54) is 75.8 Å². The lowest BCUT2D eigenvalue weighted by atomic mass is 9.90. The highest BCUT2D eigenvalue weighted by molar-refractivity contribution is 7.26. The van der Waals surface area contributed by atoms with Gasteiger partial charge in [0.15, 0.2) is 34.9 Å². The molecule has 0 saturated carbocycles. The molecule has 0 amide bonds. The topological polar surface area (TPSA) is 135 Å². The summed E-state index contributed by atoms with van der Waals surface area (Å²) in [4.78, 5) is 32.8. The minimum atomic E-state index is 0.245. The molecule has 2 aliphatic rings. The molecular weight excluding hydrogens is 1730 g/mol. The van der Waals surface area contributed by atoms with E-state index in [2.05, 4.69) is 334 Å². The first-order valence-corrected chi connectivity index (χ1v) is 48.1. The fourth-order valence-electron chi connectivity index (χ4n) is 21.9. The van der Waals surface area contributed by atoms with Gasteiger partial charge >= 0.3 is 0 Å². The Morgan fingerprint density at radius 1 is 0.236 bits per heavy atom. The van der Waals surface area contributed by atoms with Crippen molar-refractivity contribution in [1.82, 2.24) is 43.6 Å². The number of hydrogen-bond donors (Lipinski definition) is 0. The predicted molar refractivity (Wildman–Crippen MR) is 574 cm³/mol. The first-order chi connectivity index (χ1) is 69.4. The van der Waals surface area contributed by atoms with Crippen molar-refractivity contribution in [1.29, 1.82) is 0 Å². The van der Waals surface area contributed by atoms with E-state index in [-0.39, 0.29) is 5.92 Å². The van der Waals surface area contributed by atoms with E-state index in [0.29, 0.717) is 34.9 Å². The molecule has 1 aliphatic heterocycles. The van der Waals surface area contributed by atoms with Gasteiger partial charge < -0.3 is 31.9 Å². The van der Waals surface area contributed by atoms with Crippen LogP contribution in [-0.4, -0.2) is 43.6 Å². The van der Waals surface area contributed by atoms with Gasteiger partial charge in [0.05, 0.1) is 43.5 Å². The highest BCUT2D eigenvalue weighted by atomic mass is 32.1. The van der Waals surface area contributed by atoms with Gasteiger partial charge in [-0.05, 0) is 169 Å². The third-order valence-corrected chi connectivity index (χ3v) is 29.6. The number of furan rings is 3. The van der Waals surface area contributed by atoms with Crippen LogP contribution in [0.3, 0.4) is 0 Å². The number of benzene rings is 19. The quantitative estimate of drug-likeness (QED) is 0.116. The van der Waals surface area contributed by atoms with Crippen LogP contribution in [0.4, 0.5) is 11.4 Å². The van der Waals surface area contributed by atoms with Crippen molar-refractivity contribution in [3.8, 4) is 108 Å². The van der Waals surface area contributed by atoms with E-state index in [0.717, 1.165) is 177 Å². The number of aromatic nitrogens is 9. The summed E-state index contributed by atoms with van der Waals surface area (Å²) in [5.74, 6) is 4.05. The molecule has 30 rings (SSSR count). The van der Waals surface area contributed by atoms with E-state index < -0.39 is 0 Å². The van der Waals surface area contributed by atoms with Gasteiger partial charge in [-0.25, -0.2) is 29.9 Å². The second kappa shape index (κ2) is 31.6. The molecule has 1 unspecified atom stereocenters. The van der Waals surface area contributed by atoms with E-state index in [1.807, 2.05) is 139 Å². The molecular formula is C126H76N10O3S. The second-order valence-electron chi connectivity index (χ2n) is 36.2. The standard InChI is InChI=1S/C63H37N5O2.C63H39N5OS/c1-3-14-38(15-4-1)61-64-62(39-16-5-2-6-17-39)66-63(65-61)41-27-32-58-51(35-41)52-37-43(29-33-59(52)69-58)68-54-24-11-8-19-46(54)50-36-42(28-31-56(50)68)67-53-23-10-7-18-45(53)49-34-40(26-30-55(49)67)44-21-13-22-48-47-20-9-12-25-57(47)70-60(44)48;1-3-16-38(17-4-1)61-64-62(39-18-5-2-6-19-39)66-63(65-61)49-27-14-25-47-48-26-15-30-56(60(48)70-59(47)49)68-53-29-11-8-21-44(53)51-37-41(33-35-55(51)68)67-52-28-10-7-20-43(52)50-36-40(32-34-54(50)67)42-23-13-24-46-45-22-9-12-31-57(45)69-58(42)46/h1-37H;1-19,21-37,43H,20H2. The Hall–Kier alpha value is -18.5. The lowest BCUT2D eigenvalue weighted by Crippen LogP contribution is -2.14. The first kappa shape index (κ1) is 78.9. The molecule has 14 heteroatoms. The SMILES string of the molecule is C1=CCC2C(=C1)N(c1ccc3c(c1)c1ccccc1n3-c1cccc3c1sc1c(-c4nc(-c5ccccc5)nc(-c5ccccc5)n4)cccc13)c1ccc(-c3cccc4c3oc3ccccc34)cc12.c1ccc(-c2nc(-c3ccccc3)nc(-c3ccc4oc5ccc(-n6c7ccccc7c7cc(-n8c9ccccc9c9cc(-c%10cccc%11c%10oc%10ccccc%10%11)ccc98)ccc76)cc5c4c3)n2)cc1. The molecule has 140 heavy (non-hydrogen) atoms. The smallest absolute Gasteiger partial charge is 0.165 e. The zero-order valence-corrected chi connectivity index (χ0v) is 75.9. The Bertz CT molecular complexity index is 9990. The van der Waals surface area contributed by atoms with Gasteiger partial charge in [-0.1, -0.05) is 297 Å². The van der Waals surface area contributed by atoms with Crippen molar-refractivity contribution < 1.29 is 13.3 Å². The number of nitrogens with zero attached hydrogens (tertiary/aromatic N) is 10. The number of allylic oxidation sites excluding steroid dienone is 4. The molecule has 0 saturated heterocycles. The van der Waals surface area contributed by atoms with Crippen LogP contribution in [0.25, 0.3) is 259 Å². The number of fused-ring (bicyclic) bond motifs is 24. The van der Waals surface area contributed by atoms with Gasteiger partial charge in [0.25, 0.3) is 0 Å².